The number of anilines is 1. The lowest BCUT2D eigenvalue weighted by Crippen LogP contribution is -2.52. The van der Waals surface area contributed by atoms with E-state index in [-0.39, 0.29) is 34.3 Å². The summed E-state index contributed by atoms with van der Waals surface area (Å²) < 4.78 is 7.61. The van der Waals surface area contributed by atoms with E-state index < -0.39 is 0 Å². The average molecular weight is 600 g/mol. The number of carbonyl (C=O) groups excluding carboxylic acids is 1. The quantitative estimate of drug-likeness (QED) is 0.318. The Hall–Kier alpha value is -3.26. The molecule has 44 heavy (non-hydrogen) atoms. The molecule has 0 spiro atoms. The first-order valence-electron chi connectivity index (χ1n) is 16.5. The number of aromatic nitrogens is 4. The maximum atomic E-state index is 14.3. The van der Waals surface area contributed by atoms with Crippen molar-refractivity contribution in [1.29, 1.82) is 0 Å². The van der Waals surface area contributed by atoms with E-state index in [4.69, 9.17) is 14.7 Å². The number of aryl methyl sites for hydroxylation is 2. The lowest BCUT2D eigenvalue weighted by atomic mass is 9.51. The molecule has 2 heterocycles. The summed E-state index contributed by atoms with van der Waals surface area (Å²) in [5, 5.41) is 14.7. The van der Waals surface area contributed by atoms with Crippen molar-refractivity contribution in [2.45, 2.75) is 116 Å². The summed E-state index contributed by atoms with van der Waals surface area (Å²) in [5.41, 5.74) is 5.66. The molecule has 1 amide bonds. The van der Waals surface area contributed by atoms with Gasteiger partial charge in [-0.25, -0.2) is 9.97 Å². The largest absolute Gasteiger partial charge is 0.496 e. The number of rotatable bonds is 7. The molecular weight excluding hydrogens is 550 g/mol. The fourth-order valence-electron chi connectivity index (χ4n) is 8.10. The van der Waals surface area contributed by atoms with Crippen LogP contribution in [0.15, 0.2) is 36.8 Å². The first-order chi connectivity index (χ1) is 20.9. The number of benzene rings is 1. The van der Waals surface area contributed by atoms with Gasteiger partial charge in [0.15, 0.2) is 0 Å². The van der Waals surface area contributed by atoms with Crippen LogP contribution in [0.2, 0.25) is 0 Å². The third kappa shape index (κ3) is 5.78. The van der Waals surface area contributed by atoms with E-state index in [0.29, 0.717) is 38.2 Å². The van der Waals surface area contributed by atoms with Crippen molar-refractivity contribution in [2.75, 3.05) is 18.6 Å². The highest BCUT2D eigenvalue weighted by atomic mass is 16.5. The maximum Gasteiger partial charge on any atom is 0.232 e. The first kappa shape index (κ1) is 30.8. The molecular formula is C36H49N5O3. The zero-order valence-corrected chi connectivity index (χ0v) is 27.4. The number of carbonyl (C=O) groups is 1. The van der Waals surface area contributed by atoms with Crippen molar-refractivity contribution in [3.8, 4) is 17.0 Å². The van der Waals surface area contributed by atoms with Crippen molar-refractivity contribution in [2.24, 2.45) is 11.3 Å². The van der Waals surface area contributed by atoms with Crippen LogP contribution in [0, 0.1) is 25.2 Å². The summed E-state index contributed by atoms with van der Waals surface area (Å²) in [6.45, 7) is 11.3. The molecule has 4 aliphatic carbocycles. The summed E-state index contributed by atoms with van der Waals surface area (Å²) in [7, 11) is 1.75. The van der Waals surface area contributed by atoms with Crippen molar-refractivity contribution >= 4 is 11.9 Å². The van der Waals surface area contributed by atoms with Gasteiger partial charge in [0.2, 0.25) is 11.9 Å². The third-order valence-electron chi connectivity index (χ3n) is 10.9. The van der Waals surface area contributed by atoms with Gasteiger partial charge in [-0.05, 0) is 132 Å². The number of aliphatic hydroxyl groups is 1. The second kappa shape index (κ2) is 11.6. The molecule has 3 aromatic rings. The number of ether oxygens (including phenoxy) is 1. The van der Waals surface area contributed by atoms with Gasteiger partial charge in [0.05, 0.1) is 30.6 Å². The smallest absolute Gasteiger partial charge is 0.232 e. The first-order valence-corrected chi connectivity index (χ1v) is 16.5. The lowest BCUT2D eigenvalue weighted by molar-refractivity contribution is -0.124. The van der Waals surface area contributed by atoms with Crippen LogP contribution in [0.1, 0.15) is 102 Å². The van der Waals surface area contributed by atoms with Crippen LogP contribution in [-0.4, -0.2) is 50.5 Å². The van der Waals surface area contributed by atoms with Gasteiger partial charge >= 0.3 is 0 Å². The van der Waals surface area contributed by atoms with Gasteiger partial charge in [0, 0.05) is 30.4 Å². The highest BCUT2D eigenvalue weighted by Gasteiger charge is 2.51. The highest BCUT2D eigenvalue weighted by molar-refractivity contribution is 5.93. The SMILES string of the molecule is COc1c(C)cc(C23CCC(CN(C(=O)C4CCC(O)CC4)c4nccc(-c5cnn(C(C)(C)C)c5)n4)(CC2)CC3)cc1C. The van der Waals surface area contributed by atoms with Gasteiger partial charge in [-0.3, -0.25) is 14.4 Å². The van der Waals surface area contributed by atoms with E-state index in [1.807, 2.05) is 28.0 Å². The van der Waals surface area contributed by atoms with E-state index in [0.717, 1.165) is 55.5 Å². The highest BCUT2D eigenvalue weighted by Crippen LogP contribution is 2.58. The van der Waals surface area contributed by atoms with Gasteiger partial charge in [-0.15, -0.1) is 0 Å². The molecule has 1 aromatic carbocycles. The molecule has 0 radical (unpaired) electrons. The van der Waals surface area contributed by atoms with E-state index in [9.17, 15) is 9.90 Å². The molecule has 4 saturated carbocycles. The van der Waals surface area contributed by atoms with Gasteiger partial charge in [-0.1, -0.05) is 12.1 Å². The van der Waals surface area contributed by atoms with Crippen LogP contribution in [0.5, 0.6) is 5.75 Å². The lowest BCUT2D eigenvalue weighted by Gasteiger charge is -2.55. The molecule has 2 aromatic heterocycles. The Labute approximate surface area is 262 Å². The minimum Gasteiger partial charge on any atom is -0.496 e. The minimum absolute atomic E-state index is 0.0542. The normalized spacial score (nSPS) is 26.9. The second-order valence-electron chi connectivity index (χ2n) is 14.9. The number of amides is 1. The Balaban J connectivity index is 1.28. The monoisotopic (exact) mass is 599 g/mol. The molecule has 1 N–H and O–H groups in total. The van der Waals surface area contributed by atoms with Crippen LogP contribution in [0.25, 0.3) is 11.3 Å². The Kier molecular flexibility index (Phi) is 8.10. The fourth-order valence-corrected chi connectivity index (χ4v) is 8.10. The van der Waals surface area contributed by atoms with Crippen LogP contribution in [-0.2, 0) is 15.7 Å². The summed E-state index contributed by atoms with van der Waals surface area (Å²) in [6.07, 6.45) is 14.7. The predicted molar refractivity (Wildman–Crippen MR) is 173 cm³/mol. The van der Waals surface area contributed by atoms with E-state index >= 15 is 0 Å². The van der Waals surface area contributed by atoms with Crippen molar-refractivity contribution in [3.05, 3.63) is 53.5 Å². The molecule has 8 heteroatoms. The molecule has 0 unspecified atom stereocenters. The summed E-state index contributed by atoms with van der Waals surface area (Å²) in [5.74, 6) is 1.48. The molecule has 236 valence electrons. The van der Waals surface area contributed by atoms with Gasteiger partial charge in [0.25, 0.3) is 0 Å². The van der Waals surface area contributed by atoms with Gasteiger partial charge in [0.1, 0.15) is 5.75 Å². The van der Waals surface area contributed by atoms with Crippen LogP contribution in [0.4, 0.5) is 5.95 Å². The number of hydrogen-bond acceptors (Lipinski definition) is 6. The Morgan fingerprint density at radius 1 is 1.05 bits per heavy atom. The summed E-state index contributed by atoms with van der Waals surface area (Å²) in [4.78, 5) is 25.9. The summed E-state index contributed by atoms with van der Waals surface area (Å²) >= 11 is 0. The molecule has 4 fully saturated rings. The minimum atomic E-state index is -0.305. The van der Waals surface area contributed by atoms with Crippen molar-refractivity contribution < 1.29 is 14.6 Å². The molecule has 0 atom stereocenters. The molecule has 8 nitrogen and oxygen atoms in total. The standard InChI is InChI=1S/C36H49N5O3/c1-24-19-28(20-25(2)31(24)44-6)36-15-12-35(13-16-36,14-17-36)23-40(32(43)26-7-9-29(42)10-8-26)33-37-18-11-30(39-33)27-21-38-41(22-27)34(3,4)5/h11,18-22,26,29,42H,7-10,12-17,23H2,1-6H3. The second-order valence-corrected chi connectivity index (χ2v) is 14.9. The summed E-state index contributed by atoms with van der Waals surface area (Å²) in [6, 6.07) is 6.59. The molecule has 0 saturated heterocycles. The molecule has 0 aliphatic heterocycles. The number of aliphatic hydroxyl groups excluding tert-OH is 1. The van der Waals surface area contributed by atoms with Crippen LogP contribution >= 0.6 is 0 Å². The molecule has 4 aliphatic rings. The Morgan fingerprint density at radius 2 is 1.68 bits per heavy atom. The number of fused-ring (bicyclic) bond motifs is 3. The van der Waals surface area contributed by atoms with Gasteiger partial charge in [-0.2, -0.15) is 5.10 Å². The zero-order valence-electron chi connectivity index (χ0n) is 27.4. The zero-order chi connectivity index (χ0) is 31.3. The van der Waals surface area contributed by atoms with E-state index in [1.54, 1.807) is 13.3 Å². The maximum absolute atomic E-state index is 14.3. The molecule has 7 rings (SSSR count). The van der Waals surface area contributed by atoms with Crippen molar-refractivity contribution in [1.82, 2.24) is 19.7 Å². The number of hydrogen-bond donors (Lipinski definition) is 1. The fraction of sp³-hybridized carbons (Fsp3) is 0.611. The Morgan fingerprint density at radius 3 is 2.25 bits per heavy atom. The van der Waals surface area contributed by atoms with E-state index in [1.165, 1.54) is 16.7 Å². The van der Waals surface area contributed by atoms with E-state index in [2.05, 4.69) is 51.9 Å². The van der Waals surface area contributed by atoms with Gasteiger partial charge < -0.3 is 9.84 Å². The predicted octanol–water partition coefficient (Wildman–Crippen LogP) is 6.90. The van der Waals surface area contributed by atoms with Crippen LogP contribution < -0.4 is 9.64 Å². The van der Waals surface area contributed by atoms with Crippen LogP contribution in [0.3, 0.4) is 0 Å². The molecule has 2 bridgehead atoms. The number of methoxy groups -OCH3 is 1. The Bertz CT molecular complexity index is 1470. The topological polar surface area (TPSA) is 93.4 Å². The third-order valence-corrected chi connectivity index (χ3v) is 10.9. The average Bonchev–Trinajstić information content (AvgIpc) is 3.53. The number of nitrogens with zero attached hydrogens (tertiary/aromatic N) is 5. The van der Waals surface area contributed by atoms with Crippen molar-refractivity contribution in [3.63, 3.8) is 0 Å².